The summed E-state index contributed by atoms with van der Waals surface area (Å²) in [5.41, 5.74) is 2.04. The Balaban J connectivity index is 1.88. The first-order valence-electron chi connectivity index (χ1n) is 9.55. The highest BCUT2D eigenvalue weighted by Gasteiger charge is 2.16. The van der Waals surface area contributed by atoms with Crippen molar-refractivity contribution in [3.8, 4) is 11.9 Å². The van der Waals surface area contributed by atoms with Crippen LogP contribution in [0.3, 0.4) is 0 Å². The Morgan fingerprint density at radius 2 is 2.00 bits per heavy atom. The maximum absolute atomic E-state index is 12.6. The summed E-state index contributed by atoms with van der Waals surface area (Å²) < 4.78 is 26.4. The number of nitrogens with one attached hydrogen (secondary N) is 3. The van der Waals surface area contributed by atoms with E-state index in [9.17, 15) is 13.2 Å². The second kappa shape index (κ2) is 9.11. The zero-order chi connectivity index (χ0) is 22.6. The molecule has 0 spiro atoms. The Bertz CT molecular complexity index is 1260. The molecule has 3 aromatic heterocycles. The summed E-state index contributed by atoms with van der Waals surface area (Å²) in [6.07, 6.45) is 5.83. The van der Waals surface area contributed by atoms with Gasteiger partial charge in [-0.1, -0.05) is 0 Å². The molecule has 3 N–H and O–H groups in total. The number of hydrogen-bond donors (Lipinski definition) is 3. The molecule has 0 unspecified atom stereocenters. The minimum atomic E-state index is -3.32. The number of carbonyl (C=O) groups excluding carboxylic acids is 1. The summed E-state index contributed by atoms with van der Waals surface area (Å²) >= 11 is 0. The van der Waals surface area contributed by atoms with Gasteiger partial charge in [-0.25, -0.2) is 23.1 Å². The monoisotopic (exact) mass is 441 g/mol. The van der Waals surface area contributed by atoms with Crippen LogP contribution in [0.2, 0.25) is 0 Å². The third-order valence-electron chi connectivity index (χ3n) is 4.26. The fourth-order valence-electron chi connectivity index (χ4n) is 2.97. The Labute approximate surface area is 180 Å². The normalized spacial score (nSPS) is 11.5. The SMILES string of the molecule is CC(C)Nc1cc(-n2ccc3cc(C#N)cnc32)ncc1C(=O)NCCNS(C)(=O)=O. The molecule has 31 heavy (non-hydrogen) atoms. The van der Waals surface area contributed by atoms with Crippen molar-refractivity contribution in [2.45, 2.75) is 19.9 Å². The lowest BCUT2D eigenvalue weighted by Gasteiger charge is -2.16. The van der Waals surface area contributed by atoms with Crippen molar-refractivity contribution < 1.29 is 13.2 Å². The highest BCUT2D eigenvalue weighted by Crippen LogP contribution is 2.23. The van der Waals surface area contributed by atoms with Crippen molar-refractivity contribution in [1.29, 1.82) is 5.26 Å². The smallest absolute Gasteiger partial charge is 0.255 e. The van der Waals surface area contributed by atoms with Gasteiger partial charge in [-0.3, -0.25) is 9.36 Å². The molecule has 0 saturated carbocycles. The van der Waals surface area contributed by atoms with Gasteiger partial charge in [-0.15, -0.1) is 0 Å². The molecule has 0 aliphatic rings. The highest BCUT2D eigenvalue weighted by atomic mass is 32.2. The summed E-state index contributed by atoms with van der Waals surface area (Å²) in [7, 11) is -3.32. The van der Waals surface area contributed by atoms with Gasteiger partial charge in [0, 0.05) is 49.2 Å². The van der Waals surface area contributed by atoms with E-state index in [0.29, 0.717) is 28.3 Å². The van der Waals surface area contributed by atoms with Crippen LogP contribution in [0.5, 0.6) is 0 Å². The molecule has 10 nitrogen and oxygen atoms in total. The van der Waals surface area contributed by atoms with Gasteiger partial charge >= 0.3 is 0 Å². The number of rotatable bonds is 8. The molecular formula is C20H23N7O3S. The van der Waals surface area contributed by atoms with Crippen LogP contribution >= 0.6 is 0 Å². The van der Waals surface area contributed by atoms with Crippen LogP contribution in [0, 0.1) is 11.3 Å². The van der Waals surface area contributed by atoms with Crippen LogP contribution in [0.15, 0.2) is 36.8 Å². The average Bonchev–Trinajstić information content (AvgIpc) is 3.13. The van der Waals surface area contributed by atoms with E-state index in [4.69, 9.17) is 5.26 Å². The first kappa shape index (κ1) is 22.2. The van der Waals surface area contributed by atoms with E-state index in [1.807, 2.05) is 19.9 Å². The molecule has 0 fully saturated rings. The van der Waals surface area contributed by atoms with E-state index in [1.165, 1.54) is 12.4 Å². The maximum Gasteiger partial charge on any atom is 0.255 e. The number of hydrogen-bond acceptors (Lipinski definition) is 7. The Kier molecular flexibility index (Phi) is 6.53. The van der Waals surface area contributed by atoms with Crippen LogP contribution in [-0.2, 0) is 10.0 Å². The molecule has 0 radical (unpaired) electrons. The Morgan fingerprint density at radius 1 is 1.23 bits per heavy atom. The zero-order valence-corrected chi connectivity index (χ0v) is 18.2. The number of nitriles is 1. The highest BCUT2D eigenvalue weighted by molar-refractivity contribution is 7.88. The van der Waals surface area contributed by atoms with Gasteiger partial charge in [0.2, 0.25) is 10.0 Å². The number of carbonyl (C=O) groups is 1. The van der Waals surface area contributed by atoms with Gasteiger partial charge in [0.15, 0.2) is 0 Å². The van der Waals surface area contributed by atoms with Gasteiger partial charge in [0.1, 0.15) is 17.5 Å². The van der Waals surface area contributed by atoms with Gasteiger partial charge in [0.05, 0.1) is 23.1 Å². The van der Waals surface area contributed by atoms with Gasteiger partial charge < -0.3 is 10.6 Å². The molecule has 0 aliphatic carbocycles. The van der Waals surface area contributed by atoms with Crippen molar-refractivity contribution in [1.82, 2.24) is 24.6 Å². The summed E-state index contributed by atoms with van der Waals surface area (Å²) in [6.45, 7) is 4.14. The van der Waals surface area contributed by atoms with E-state index >= 15 is 0 Å². The number of anilines is 1. The molecule has 3 rings (SSSR count). The minimum Gasteiger partial charge on any atom is -0.382 e. The summed E-state index contributed by atoms with van der Waals surface area (Å²) in [6, 6.07) is 7.47. The summed E-state index contributed by atoms with van der Waals surface area (Å²) in [4.78, 5) is 21.4. The second-order valence-corrected chi connectivity index (χ2v) is 9.08. The first-order valence-corrected chi connectivity index (χ1v) is 11.4. The number of fused-ring (bicyclic) bond motifs is 1. The molecule has 1 amide bonds. The number of aromatic nitrogens is 3. The van der Waals surface area contributed by atoms with Crippen molar-refractivity contribution in [3.05, 3.63) is 47.9 Å². The number of sulfonamides is 1. The topological polar surface area (TPSA) is 142 Å². The molecule has 0 atom stereocenters. The predicted octanol–water partition coefficient (Wildman–Crippen LogP) is 1.39. The molecule has 11 heteroatoms. The molecular weight excluding hydrogens is 418 g/mol. The molecule has 0 saturated heterocycles. The number of amides is 1. The molecule has 3 heterocycles. The standard InChI is InChI=1S/C20H23N7O3S/c1-13(2)26-17-9-18(27-7-4-15-8-14(10-21)11-24-19(15)27)23-12-16(17)20(28)22-5-6-25-31(3,29)30/h4,7-9,11-13,25H,5-6H2,1-3H3,(H,22,28)(H,23,26). The third kappa shape index (κ3) is 5.56. The van der Waals surface area contributed by atoms with Crippen molar-refractivity contribution >= 4 is 32.7 Å². The first-order chi connectivity index (χ1) is 14.7. The quantitative estimate of drug-likeness (QED) is 0.448. The summed E-state index contributed by atoms with van der Waals surface area (Å²) in [5.74, 6) is 0.192. The van der Waals surface area contributed by atoms with E-state index in [1.54, 1.807) is 22.9 Å². The van der Waals surface area contributed by atoms with Gasteiger partial charge in [-0.05, 0) is 26.0 Å². The average molecular weight is 442 g/mol. The van der Waals surface area contributed by atoms with Crippen LogP contribution in [-0.4, -0.2) is 54.2 Å². The lowest BCUT2D eigenvalue weighted by atomic mass is 10.2. The van der Waals surface area contributed by atoms with Crippen molar-refractivity contribution in [3.63, 3.8) is 0 Å². The van der Waals surface area contributed by atoms with E-state index in [2.05, 4.69) is 31.4 Å². The largest absolute Gasteiger partial charge is 0.382 e. The Hall–Kier alpha value is -3.49. The van der Waals surface area contributed by atoms with Gasteiger partial charge in [-0.2, -0.15) is 5.26 Å². The zero-order valence-electron chi connectivity index (χ0n) is 17.4. The molecule has 162 valence electrons. The number of nitrogens with zero attached hydrogens (tertiary/aromatic N) is 4. The third-order valence-corrected chi connectivity index (χ3v) is 4.98. The van der Waals surface area contributed by atoms with Crippen molar-refractivity contribution in [2.75, 3.05) is 24.7 Å². The molecule has 0 aliphatic heterocycles. The molecule has 0 aromatic carbocycles. The summed E-state index contributed by atoms with van der Waals surface area (Å²) in [5, 5.41) is 15.8. The van der Waals surface area contributed by atoms with Crippen LogP contribution in [0.25, 0.3) is 16.9 Å². The lowest BCUT2D eigenvalue weighted by Crippen LogP contribution is -2.34. The van der Waals surface area contributed by atoms with Crippen LogP contribution < -0.4 is 15.4 Å². The minimum absolute atomic E-state index is 0.0615. The fourth-order valence-corrected chi connectivity index (χ4v) is 3.44. The molecule has 0 bridgehead atoms. The Morgan fingerprint density at radius 3 is 2.68 bits per heavy atom. The molecule has 3 aromatic rings. The fraction of sp³-hybridized carbons (Fsp3) is 0.300. The van der Waals surface area contributed by atoms with E-state index < -0.39 is 10.0 Å². The van der Waals surface area contributed by atoms with E-state index in [-0.39, 0.29) is 25.0 Å². The van der Waals surface area contributed by atoms with Crippen molar-refractivity contribution in [2.24, 2.45) is 0 Å². The van der Waals surface area contributed by atoms with Crippen LogP contribution in [0.1, 0.15) is 29.8 Å². The van der Waals surface area contributed by atoms with E-state index in [0.717, 1.165) is 11.6 Å². The lowest BCUT2D eigenvalue weighted by molar-refractivity contribution is 0.0954. The maximum atomic E-state index is 12.6. The van der Waals surface area contributed by atoms with Crippen LogP contribution in [0.4, 0.5) is 5.69 Å². The van der Waals surface area contributed by atoms with Gasteiger partial charge in [0.25, 0.3) is 5.91 Å². The second-order valence-electron chi connectivity index (χ2n) is 7.24. The predicted molar refractivity (Wildman–Crippen MR) is 118 cm³/mol. The number of pyridine rings is 2.